The van der Waals surface area contributed by atoms with Gasteiger partial charge in [-0.15, -0.1) is 0 Å². The van der Waals surface area contributed by atoms with E-state index in [1.54, 1.807) is 43.3 Å². The van der Waals surface area contributed by atoms with Crippen LogP contribution in [0.1, 0.15) is 22.6 Å². The summed E-state index contributed by atoms with van der Waals surface area (Å²) in [5.41, 5.74) is 1.43. The number of benzene rings is 1. The van der Waals surface area contributed by atoms with Crippen LogP contribution in [-0.2, 0) is 28.9 Å². The van der Waals surface area contributed by atoms with Gasteiger partial charge < -0.3 is 9.52 Å². The van der Waals surface area contributed by atoms with Crippen LogP contribution in [0.4, 0.5) is 0 Å². The average Bonchev–Trinajstić information content (AvgIpc) is 2.83. The lowest BCUT2D eigenvalue weighted by atomic mass is 10.2. The van der Waals surface area contributed by atoms with Gasteiger partial charge in [0, 0.05) is 0 Å². The Morgan fingerprint density at radius 2 is 1.75 bits per heavy atom. The second kappa shape index (κ2) is 6.21. The summed E-state index contributed by atoms with van der Waals surface area (Å²) in [5.74, 6) is 1.23. The number of furan rings is 1. The molecule has 5 nitrogen and oxygen atoms in total. The Hall–Kier alpha value is -1.63. The SMILES string of the molecule is Cc1ccc(CNS(=O)(=O)Cc2ccc(CO)cc2)o1. The molecule has 0 atom stereocenters. The first-order valence-corrected chi connectivity index (χ1v) is 7.85. The maximum Gasteiger partial charge on any atom is 0.216 e. The van der Waals surface area contributed by atoms with E-state index in [0.29, 0.717) is 11.3 Å². The first-order chi connectivity index (χ1) is 9.48. The zero-order valence-electron chi connectivity index (χ0n) is 11.2. The average molecular weight is 295 g/mol. The van der Waals surface area contributed by atoms with E-state index in [9.17, 15) is 8.42 Å². The van der Waals surface area contributed by atoms with Gasteiger partial charge in [0.2, 0.25) is 10.0 Å². The zero-order chi connectivity index (χ0) is 14.6. The van der Waals surface area contributed by atoms with Crippen molar-refractivity contribution in [3.63, 3.8) is 0 Å². The minimum absolute atomic E-state index is 0.0525. The van der Waals surface area contributed by atoms with E-state index in [2.05, 4.69) is 4.72 Å². The quantitative estimate of drug-likeness (QED) is 0.850. The fraction of sp³-hybridized carbons (Fsp3) is 0.286. The monoisotopic (exact) mass is 295 g/mol. The molecule has 20 heavy (non-hydrogen) atoms. The first kappa shape index (κ1) is 14.8. The highest BCUT2D eigenvalue weighted by atomic mass is 32.2. The summed E-state index contributed by atoms with van der Waals surface area (Å²) in [7, 11) is -3.42. The standard InChI is InChI=1S/C14H17NO4S/c1-11-2-7-14(19-11)8-15-20(17,18)10-13-5-3-12(9-16)4-6-13/h2-7,15-16H,8-10H2,1H3. The lowest BCUT2D eigenvalue weighted by Crippen LogP contribution is -2.24. The number of sulfonamides is 1. The molecule has 0 fully saturated rings. The molecule has 0 saturated heterocycles. The number of nitrogens with one attached hydrogen (secondary N) is 1. The highest BCUT2D eigenvalue weighted by Crippen LogP contribution is 2.10. The molecule has 2 aromatic rings. The number of hydrogen-bond acceptors (Lipinski definition) is 4. The van der Waals surface area contributed by atoms with Crippen molar-refractivity contribution < 1.29 is 17.9 Å². The van der Waals surface area contributed by atoms with E-state index in [0.717, 1.165) is 11.3 Å². The molecule has 1 aromatic heterocycles. The molecule has 0 aliphatic rings. The topological polar surface area (TPSA) is 79.5 Å². The Balaban J connectivity index is 1.96. The number of aryl methyl sites for hydroxylation is 1. The van der Waals surface area contributed by atoms with Crippen LogP contribution >= 0.6 is 0 Å². The summed E-state index contributed by atoms with van der Waals surface area (Å²) >= 11 is 0. The molecule has 1 aromatic carbocycles. The zero-order valence-corrected chi connectivity index (χ0v) is 12.0. The maximum atomic E-state index is 11.9. The second-order valence-electron chi connectivity index (χ2n) is 4.57. The fourth-order valence-corrected chi connectivity index (χ4v) is 2.87. The third kappa shape index (κ3) is 4.19. The lowest BCUT2D eigenvalue weighted by molar-refractivity contribution is 0.282. The Bertz CT molecular complexity index is 659. The second-order valence-corrected chi connectivity index (χ2v) is 6.37. The first-order valence-electron chi connectivity index (χ1n) is 6.20. The van der Waals surface area contributed by atoms with Crippen LogP contribution < -0.4 is 4.72 Å². The molecule has 0 saturated carbocycles. The molecule has 2 rings (SSSR count). The molecule has 0 aliphatic carbocycles. The van der Waals surface area contributed by atoms with Gasteiger partial charge in [-0.25, -0.2) is 13.1 Å². The third-order valence-corrected chi connectivity index (χ3v) is 4.12. The minimum atomic E-state index is -3.42. The van der Waals surface area contributed by atoms with Gasteiger partial charge in [-0.05, 0) is 30.2 Å². The number of aliphatic hydroxyl groups is 1. The van der Waals surface area contributed by atoms with Crippen LogP contribution in [0.3, 0.4) is 0 Å². The van der Waals surface area contributed by atoms with Crippen molar-refractivity contribution in [3.05, 3.63) is 59.0 Å². The molecule has 6 heteroatoms. The summed E-state index contributed by atoms with van der Waals surface area (Å²) in [4.78, 5) is 0. The highest BCUT2D eigenvalue weighted by Gasteiger charge is 2.12. The van der Waals surface area contributed by atoms with E-state index in [4.69, 9.17) is 9.52 Å². The van der Waals surface area contributed by atoms with Gasteiger partial charge in [0.05, 0.1) is 18.9 Å². The van der Waals surface area contributed by atoms with Gasteiger partial charge in [0.15, 0.2) is 0 Å². The summed E-state index contributed by atoms with van der Waals surface area (Å²) in [6.45, 7) is 1.90. The Morgan fingerprint density at radius 3 is 2.30 bits per heavy atom. The van der Waals surface area contributed by atoms with Crippen LogP contribution in [-0.4, -0.2) is 13.5 Å². The minimum Gasteiger partial charge on any atom is -0.465 e. The molecular weight excluding hydrogens is 278 g/mol. The van der Waals surface area contributed by atoms with Crippen LogP contribution in [0.2, 0.25) is 0 Å². The summed E-state index contributed by atoms with van der Waals surface area (Å²) in [5, 5.41) is 8.93. The van der Waals surface area contributed by atoms with Crippen LogP contribution in [0.5, 0.6) is 0 Å². The van der Waals surface area contributed by atoms with Gasteiger partial charge in [0.25, 0.3) is 0 Å². The third-order valence-electron chi connectivity index (χ3n) is 2.82. The number of rotatable bonds is 6. The highest BCUT2D eigenvalue weighted by molar-refractivity contribution is 7.88. The summed E-state index contributed by atoms with van der Waals surface area (Å²) in [6.07, 6.45) is 0. The molecule has 0 unspecified atom stereocenters. The van der Waals surface area contributed by atoms with E-state index in [-0.39, 0.29) is 18.9 Å². The fourth-order valence-electron chi connectivity index (χ4n) is 1.77. The van der Waals surface area contributed by atoms with E-state index in [1.807, 2.05) is 0 Å². The molecular formula is C14H17NO4S. The molecule has 2 N–H and O–H groups in total. The molecule has 0 spiro atoms. The van der Waals surface area contributed by atoms with E-state index in [1.165, 1.54) is 0 Å². The van der Waals surface area contributed by atoms with Crippen LogP contribution in [0.15, 0.2) is 40.8 Å². The molecule has 0 bridgehead atoms. The summed E-state index contributed by atoms with van der Waals surface area (Å²) < 4.78 is 31.7. The molecule has 0 amide bonds. The Kier molecular flexibility index (Phi) is 4.59. The van der Waals surface area contributed by atoms with Gasteiger partial charge in [-0.2, -0.15) is 0 Å². The van der Waals surface area contributed by atoms with Gasteiger partial charge in [0.1, 0.15) is 11.5 Å². The Labute approximate surface area is 118 Å². The molecule has 1 heterocycles. The normalized spacial score (nSPS) is 11.7. The lowest BCUT2D eigenvalue weighted by Gasteiger charge is -2.06. The van der Waals surface area contributed by atoms with Crippen molar-refractivity contribution in [1.29, 1.82) is 0 Å². The number of hydrogen-bond donors (Lipinski definition) is 2. The largest absolute Gasteiger partial charge is 0.465 e. The van der Waals surface area contributed by atoms with Crippen LogP contribution in [0.25, 0.3) is 0 Å². The van der Waals surface area contributed by atoms with E-state index >= 15 is 0 Å². The maximum absolute atomic E-state index is 11.9. The van der Waals surface area contributed by atoms with Crippen molar-refractivity contribution in [2.75, 3.05) is 0 Å². The van der Waals surface area contributed by atoms with Crippen molar-refractivity contribution in [2.45, 2.75) is 25.8 Å². The van der Waals surface area contributed by atoms with Crippen LogP contribution in [0, 0.1) is 6.92 Å². The van der Waals surface area contributed by atoms with Crippen molar-refractivity contribution in [3.8, 4) is 0 Å². The summed E-state index contributed by atoms with van der Waals surface area (Å²) in [6, 6.07) is 10.3. The van der Waals surface area contributed by atoms with Crippen molar-refractivity contribution >= 4 is 10.0 Å². The predicted molar refractivity (Wildman–Crippen MR) is 75.3 cm³/mol. The Morgan fingerprint density at radius 1 is 1.10 bits per heavy atom. The molecule has 0 aliphatic heterocycles. The van der Waals surface area contributed by atoms with Gasteiger partial charge >= 0.3 is 0 Å². The van der Waals surface area contributed by atoms with Gasteiger partial charge in [-0.3, -0.25) is 0 Å². The van der Waals surface area contributed by atoms with Gasteiger partial charge in [-0.1, -0.05) is 24.3 Å². The van der Waals surface area contributed by atoms with Crippen molar-refractivity contribution in [1.82, 2.24) is 4.72 Å². The number of aliphatic hydroxyl groups excluding tert-OH is 1. The van der Waals surface area contributed by atoms with E-state index < -0.39 is 10.0 Å². The smallest absolute Gasteiger partial charge is 0.216 e. The van der Waals surface area contributed by atoms with Crippen molar-refractivity contribution in [2.24, 2.45) is 0 Å². The predicted octanol–water partition coefficient (Wildman–Crippen LogP) is 1.70. The molecule has 0 radical (unpaired) electrons. The molecule has 108 valence electrons.